The van der Waals surface area contributed by atoms with Crippen molar-refractivity contribution in [1.82, 2.24) is 5.32 Å². The number of rotatable bonds is 5. The lowest BCUT2D eigenvalue weighted by Crippen LogP contribution is -2.51. The number of amides is 1. The molecule has 1 saturated heterocycles. The summed E-state index contributed by atoms with van der Waals surface area (Å²) in [5.74, 6) is -0.0277. The molecule has 20 heavy (non-hydrogen) atoms. The first-order chi connectivity index (χ1) is 9.63. The fourth-order valence-electron chi connectivity index (χ4n) is 2.39. The van der Waals surface area contributed by atoms with Crippen LogP contribution >= 0.6 is 0 Å². The average Bonchev–Trinajstić information content (AvgIpc) is 2.46. The molecule has 4 nitrogen and oxygen atoms in total. The number of hydrogen-bond donors (Lipinski definition) is 2. The molecule has 0 spiro atoms. The molecule has 110 valence electrons. The molecule has 0 bridgehead atoms. The number of carbonyl (C=O) groups excluding carboxylic acids is 1. The first kappa shape index (κ1) is 14.9. The van der Waals surface area contributed by atoms with Crippen LogP contribution in [0.2, 0.25) is 0 Å². The predicted molar refractivity (Wildman–Crippen MR) is 81.1 cm³/mol. The minimum absolute atomic E-state index is 0.0277. The third kappa shape index (κ3) is 3.97. The Balaban J connectivity index is 1.94. The Kier molecular flexibility index (Phi) is 5.01. The molecule has 0 aromatic heterocycles. The van der Waals surface area contributed by atoms with Crippen molar-refractivity contribution in [3.05, 3.63) is 29.8 Å². The highest BCUT2D eigenvalue weighted by molar-refractivity contribution is 5.95. The first-order valence-corrected chi connectivity index (χ1v) is 7.37. The predicted octanol–water partition coefficient (Wildman–Crippen LogP) is 2.81. The van der Waals surface area contributed by atoms with Crippen molar-refractivity contribution in [2.75, 3.05) is 25.1 Å². The van der Waals surface area contributed by atoms with Crippen LogP contribution in [-0.4, -0.2) is 31.2 Å². The lowest BCUT2D eigenvalue weighted by atomic mass is 9.94. The van der Waals surface area contributed by atoms with E-state index in [0.29, 0.717) is 12.2 Å². The highest BCUT2D eigenvalue weighted by atomic mass is 16.5. The van der Waals surface area contributed by atoms with Gasteiger partial charge in [-0.1, -0.05) is 6.92 Å². The van der Waals surface area contributed by atoms with E-state index in [0.717, 1.165) is 38.1 Å². The standard InChI is InChI=1S/C16H24N2O2/c1-3-10-17-14-7-5-13(6-8-14)15(19)18-16(2)9-4-11-20-12-16/h5-8,17H,3-4,9-12H2,1-2H3,(H,18,19). The van der Waals surface area contributed by atoms with Crippen molar-refractivity contribution in [2.45, 2.75) is 38.6 Å². The van der Waals surface area contributed by atoms with E-state index in [1.165, 1.54) is 0 Å². The molecular formula is C16H24N2O2. The van der Waals surface area contributed by atoms with Gasteiger partial charge < -0.3 is 15.4 Å². The highest BCUT2D eigenvalue weighted by Gasteiger charge is 2.29. The summed E-state index contributed by atoms with van der Waals surface area (Å²) in [4.78, 5) is 12.3. The maximum Gasteiger partial charge on any atom is 0.251 e. The molecule has 1 aliphatic heterocycles. The summed E-state index contributed by atoms with van der Waals surface area (Å²) in [5.41, 5.74) is 1.50. The second-order valence-corrected chi connectivity index (χ2v) is 5.68. The second-order valence-electron chi connectivity index (χ2n) is 5.68. The van der Waals surface area contributed by atoms with E-state index in [1.54, 1.807) is 0 Å². The Morgan fingerprint density at radius 1 is 1.35 bits per heavy atom. The molecule has 1 fully saturated rings. The van der Waals surface area contributed by atoms with Crippen LogP contribution in [0.3, 0.4) is 0 Å². The fraction of sp³-hybridized carbons (Fsp3) is 0.562. The number of anilines is 1. The molecule has 4 heteroatoms. The summed E-state index contributed by atoms with van der Waals surface area (Å²) in [7, 11) is 0. The third-order valence-corrected chi connectivity index (χ3v) is 3.58. The van der Waals surface area contributed by atoms with E-state index in [-0.39, 0.29) is 11.4 Å². The molecular weight excluding hydrogens is 252 g/mol. The Bertz CT molecular complexity index is 436. The second kappa shape index (κ2) is 6.75. The van der Waals surface area contributed by atoms with Crippen LogP contribution in [0.4, 0.5) is 5.69 Å². The van der Waals surface area contributed by atoms with Gasteiger partial charge in [0.05, 0.1) is 12.1 Å². The summed E-state index contributed by atoms with van der Waals surface area (Å²) in [5, 5.41) is 6.39. The van der Waals surface area contributed by atoms with E-state index in [9.17, 15) is 4.79 Å². The van der Waals surface area contributed by atoms with Crippen LogP contribution < -0.4 is 10.6 Å². The van der Waals surface area contributed by atoms with E-state index < -0.39 is 0 Å². The Morgan fingerprint density at radius 2 is 2.10 bits per heavy atom. The number of benzene rings is 1. The van der Waals surface area contributed by atoms with Gasteiger partial charge in [0, 0.05) is 24.4 Å². The maximum atomic E-state index is 12.3. The molecule has 0 aliphatic carbocycles. The molecule has 1 atom stereocenters. The number of hydrogen-bond acceptors (Lipinski definition) is 3. The van der Waals surface area contributed by atoms with Gasteiger partial charge in [0.15, 0.2) is 0 Å². The zero-order valence-electron chi connectivity index (χ0n) is 12.4. The topological polar surface area (TPSA) is 50.4 Å². The van der Waals surface area contributed by atoms with Crippen LogP contribution in [0.5, 0.6) is 0 Å². The summed E-state index contributed by atoms with van der Waals surface area (Å²) >= 11 is 0. The van der Waals surface area contributed by atoms with Crippen molar-refractivity contribution in [3.63, 3.8) is 0 Å². The van der Waals surface area contributed by atoms with E-state index >= 15 is 0 Å². The minimum Gasteiger partial charge on any atom is -0.385 e. The fourth-order valence-corrected chi connectivity index (χ4v) is 2.39. The van der Waals surface area contributed by atoms with Gasteiger partial charge >= 0.3 is 0 Å². The Hall–Kier alpha value is -1.55. The molecule has 1 aromatic rings. The quantitative estimate of drug-likeness (QED) is 0.869. The number of carbonyl (C=O) groups is 1. The van der Waals surface area contributed by atoms with Crippen molar-refractivity contribution in [1.29, 1.82) is 0 Å². The summed E-state index contributed by atoms with van der Waals surface area (Å²) in [6, 6.07) is 7.62. The van der Waals surface area contributed by atoms with E-state index in [4.69, 9.17) is 4.74 Å². The largest absolute Gasteiger partial charge is 0.385 e. The summed E-state index contributed by atoms with van der Waals surface area (Å²) in [6.07, 6.45) is 3.05. The van der Waals surface area contributed by atoms with Crippen LogP contribution in [0.15, 0.2) is 24.3 Å². The van der Waals surface area contributed by atoms with Gasteiger partial charge in [0.25, 0.3) is 5.91 Å². The van der Waals surface area contributed by atoms with Crippen LogP contribution in [0.1, 0.15) is 43.5 Å². The van der Waals surface area contributed by atoms with Gasteiger partial charge in [-0.15, -0.1) is 0 Å². The molecule has 1 heterocycles. The summed E-state index contributed by atoms with van der Waals surface area (Å²) < 4.78 is 5.46. The number of ether oxygens (including phenoxy) is 1. The molecule has 1 unspecified atom stereocenters. The van der Waals surface area contributed by atoms with Crippen LogP contribution in [0, 0.1) is 0 Å². The first-order valence-electron chi connectivity index (χ1n) is 7.37. The zero-order valence-corrected chi connectivity index (χ0v) is 12.4. The van der Waals surface area contributed by atoms with Gasteiger partial charge in [-0.3, -0.25) is 4.79 Å². The van der Waals surface area contributed by atoms with Gasteiger partial charge in [-0.25, -0.2) is 0 Å². The Labute approximate surface area is 120 Å². The minimum atomic E-state index is -0.242. The van der Waals surface area contributed by atoms with Crippen molar-refractivity contribution >= 4 is 11.6 Å². The van der Waals surface area contributed by atoms with Crippen LogP contribution in [0.25, 0.3) is 0 Å². The summed E-state index contributed by atoms with van der Waals surface area (Å²) in [6.45, 7) is 6.50. The molecule has 0 saturated carbocycles. The van der Waals surface area contributed by atoms with Crippen molar-refractivity contribution in [3.8, 4) is 0 Å². The lowest BCUT2D eigenvalue weighted by Gasteiger charge is -2.34. The van der Waals surface area contributed by atoms with Gasteiger partial charge in [0.2, 0.25) is 0 Å². The monoisotopic (exact) mass is 276 g/mol. The third-order valence-electron chi connectivity index (χ3n) is 3.58. The average molecular weight is 276 g/mol. The molecule has 2 rings (SSSR count). The van der Waals surface area contributed by atoms with Gasteiger partial charge in [0.1, 0.15) is 0 Å². The molecule has 1 aromatic carbocycles. The van der Waals surface area contributed by atoms with Gasteiger partial charge in [-0.05, 0) is 50.5 Å². The SMILES string of the molecule is CCCNc1ccc(C(=O)NC2(C)CCCOC2)cc1. The highest BCUT2D eigenvalue weighted by Crippen LogP contribution is 2.19. The van der Waals surface area contributed by atoms with E-state index in [1.807, 2.05) is 31.2 Å². The van der Waals surface area contributed by atoms with Gasteiger partial charge in [-0.2, -0.15) is 0 Å². The lowest BCUT2D eigenvalue weighted by molar-refractivity contribution is 0.0272. The zero-order chi connectivity index (χ0) is 14.4. The van der Waals surface area contributed by atoms with Crippen molar-refractivity contribution < 1.29 is 9.53 Å². The molecule has 0 radical (unpaired) electrons. The van der Waals surface area contributed by atoms with Crippen molar-refractivity contribution in [2.24, 2.45) is 0 Å². The Morgan fingerprint density at radius 3 is 2.70 bits per heavy atom. The molecule has 1 amide bonds. The number of nitrogens with one attached hydrogen (secondary N) is 2. The molecule has 2 N–H and O–H groups in total. The normalized spacial score (nSPS) is 22.3. The molecule has 1 aliphatic rings. The van der Waals surface area contributed by atoms with E-state index in [2.05, 4.69) is 17.6 Å². The smallest absolute Gasteiger partial charge is 0.251 e. The maximum absolute atomic E-state index is 12.3. The van der Waals surface area contributed by atoms with Crippen LogP contribution in [-0.2, 0) is 4.74 Å².